The molecule has 3 rings (SSSR count). The van der Waals surface area contributed by atoms with Gasteiger partial charge >= 0.3 is 0 Å². The summed E-state index contributed by atoms with van der Waals surface area (Å²) in [6.07, 6.45) is 2.70. The molecular weight excluding hydrogens is 220 g/mol. The number of hydrogen-bond acceptors (Lipinski definition) is 3. The first-order chi connectivity index (χ1) is 8.18. The third-order valence-corrected chi connectivity index (χ3v) is 3.54. The molecule has 0 spiro atoms. The highest BCUT2D eigenvalue weighted by molar-refractivity contribution is 5.95. The minimum atomic E-state index is -0.187. The Morgan fingerprint density at radius 2 is 2.41 bits per heavy atom. The van der Waals surface area contributed by atoms with E-state index in [1.165, 1.54) is 4.57 Å². The predicted octanol–water partition coefficient (Wildman–Crippen LogP) is 0.359. The molecule has 5 heteroatoms. The number of fused-ring (bicyclic) bond motifs is 1. The summed E-state index contributed by atoms with van der Waals surface area (Å²) in [6.45, 7) is 0.756. The largest absolute Gasteiger partial charge is 0.377 e. The van der Waals surface area contributed by atoms with E-state index >= 15 is 0 Å². The number of aromatic nitrogens is 1. The molecule has 0 radical (unpaired) electrons. The van der Waals surface area contributed by atoms with Crippen LogP contribution < -0.4 is 10.9 Å². The van der Waals surface area contributed by atoms with Crippen LogP contribution in [0.25, 0.3) is 0 Å². The fraction of sp³-hybridized carbons (Fsp3) is 0.500. The molecule has 1 amide bonds. The SMILES string of the molecule is Cn1cccc(NC(=O)[C@H]2[C@@H]3CCO[C@@H]32)c1=O. The number of pyridine rings is 1. The summed E-state index contributed by atoms with van der Waals surface area (Å²) >= 11 is 0. The van der Waals surface area contributed by atoms with Gasteiger partial charge < -0.3 is 14.6 Å². The van der Waals surface area contributed by atoms with Crippen LogP contribution in [0, 0.1) is 11.8 Å². The Kier molecular flexibility index (Phi) is 2.29. The predicted molar refractivity (Wildman–Crippen MR) is 61.6 cm³/mol. The molecule has 1 aliphatic heterocycles. The summed E-state index contributed by atoms with van der Waals surface area (Å²) < 4.78 is 6.85. The summed E-state index contributed by atoms with van der Waals surface area (Å²) in [4.78, 5) is 23.6. The maximum atomic E-state index is 11.9. The van der Waals surface area contributed by atoms with Gasteiger partial charge in [-0.15, -0.1) is 0 Å². The van der Waals surface area contributed by atoms with E-state index in [2.05, 4.69) is 5.32 Å². The first-order valence-electron chi connectivity index (χ1n) is 5.76. The Bertz CT molecular complexity index is 513. The lowest BCUT2D eigenvalue weighted by molar-refractivity contribution is -0.118. The van der Waals surface area contributed by atoms with Crippen LogP contribution in [0.2, 0.25) is 0 Å². The number of aryl methyl sites for hydroxylation is 1. The highest BCUT2D eigenvalue weighted by atomic mass is 16.5. The van der Waals surface area contributed by atoms with Crippen LogP contribution in [0.15, 0.2) is 23.1 Å². The third kappa shape index (κ3) is 1.67. The van der Waals surface area contributed by atoms with Gasteiger partial charge in [-0.2, -0.15) is 0 Å². The van der Waals surface area contributed by atoms with E-state index in [4.69, 9.17) is 4.74 Å². The molecule has 2 fully saturated rings. The fourth-order valence-electron chi connectivity index (χ4n) is 2.51. The lowest BCUT2D eigenvalue weighted by Crippen LogP contribution is -2.26. The monoisotopic (exact) mass is 234 g/mol. The van der Waals surface area contributed by atoms with Crippen molar-refractivity contribution in [2.45, 2.75) is 12.5 Å². The molecule has 0 aromatic carbocycles. The highest BCUT2D eigenvalue weighted by Crippen LogP contribution is 2.49. The molecular formula is C12H14N2O3. The zero-order chi connectivity index (χ0) is 12.0. The number of ether oxygens (including phenoxy) is 1. The molecule has 5 nitrogen and oxygen atoms in total. The first-order valence-corrected chi connectivity index (χ1v) is 5.76. The van der Waals surface area contributed by atoms with Crippen molar-refractivity contribution in [2.24, 2.45) is 18.9 Å². The molecule has 1 N–H and O–H groups in total. The van der Waals surface area contributed by atoms with E-state index in [0.29, 0.717) is 11.6 Å². The second-order valence-electron chi connectivity index (χ2n) is 4.64. The number of nitrogens with one attached hydrogen (secondary N) is 1. The second-order valence-corrected chi connectivity index (χ2v) is 4.64. The Morgan fingerprint density at radius 1 is 1.59 bits per heavy atom. The molecule has 0 unspecified atom stereocenters. The van der Waals surface area contributed by atoms with Crippen molar-refractivity contribution in [3.8, 4) is 0 Å². The van der Waals surface area contributed by atoms with Crippen LogP contribution in [0.3, 0.4) is 0 Å². The van der Waals surface area contributed by atoms with Gasteiger partial charge in [0, 0.05) is 25.8 Å². The second kappa shape index (κ2) is 3.70. The van der Waals surface area contributed by atoms with Crippen molar-refractivity contribution >= 4 is 11.6 Å². The molecule has 2 heterocycles. The standard InChI is InChI=1S/C12H14N2O3/c1-14-5-2-3-8(12(14)16)13-11(15)9-7-4-6-17-10(7)9/h2-3,5,7,9-10H,4,6H2,1H3,(H,13,15)/t7-,9-,10-/m0/s1. The van der Waals surface area contributed by atoms with Crippen molar-refractivity contribution < 1.29 is 9.53 Å². The normalized spacial score (nSPS) is 29.8. The van der Waals surface area contributed by atoms with Gasteiger partial charge in [0.25, 0.3) is 5.56 Å². The van der Waals surface area contributed by atoms with Gasteiger partial charge in [-0.25, -0.2) is 0 Å². The lowest BCUT2D eigenvalue weighted by Gasteiger charge is -2.07. The molecule has 1 aromatic heterocycles. The van der Waals surface area contributed by atoms with Gasteiger partial charge in [-0.3, -0.25) is 9.59 Å². The molecule has 1 saturated carbocycles. The average molecular weight is 234 g/mol. The molecule has 90 valence electrons. The first kappa shape index (κ1) is 10.5. The van der Waals surface area contributed by atoms with Gasteiger partial charge in [-0.1, -0.05) is 0 Å². The highest BCUT2D eigenvalue weighted by Gasteiger charge is 2.58. The Hall–Kier alpha value is -1.62. The zero-order valence-electron chi connectivity index (χ0n) is 9.55. The number of anilines is 1. The Morgan fingerprint density at radius 3 is 3.12 bits per heavy atom. The van der Waals surface area contributed by atoms with E-state index in [-0.39, 0.29) is 23.5 Å². The fourth-order valence-corrected chi connectivity index (χ4v) is 2.51. The molecule has 3 atom stereocenters. The molecule has 2 aliphatic rings. The number of rotatable bonds is 2. The Balaban J connectivity index is 1.73. The lowest BCUT2D eigenvalue weighted by atomic mass is 10.2. The van der Waals surface area contributed by atoms with E-state index in [9.17, 15) is 9.59 Å². The topological polar surface area (TPSA) is 60.3 Å². The summed E-state index contributed by atoms with van der Waals surface area (Å²) in [7, 11) is 1.66. The van der Waals surface area contributed by atoms with Crippen molar-refractivity contribution in [2.75, 3.05) is 11.9 Å². The summed E-state index contributed by atoms with van der Waals surface area (Å²) in [5.41, 5.74) is 0.151. The van der Waals surface area contributed by atoms with E-state index < -0.39 is 0 Å². The minimum absolute atomic E-state index is 0.0614. The zero-order valence-corrected chi connectivity index (χ0v) is 9.55. The number of carbonyl (C=O) groups is 1. The van der Waals surface area contributed by atoms with Crippen molar-refractivity contribution in [1.29, 1.82) is 0 Å². The van der Waals surface area contributed by atoms with Crippen LogP contribution in [-0.4, -0.2) is 23.2 Å². The van der Waals surface area contributed by atoms with Gasteiger partial charge in [0.15, 0.2) is 0 Å². The van der Waals surface area contributed by atoms with Gasteiger partial charge in [-0.05, 0) is 18.6 Å². The van der Waals surface area contributed by atoms with Crippen LogP contribution in [0.5, 0.6) is 0 Å². The van der Waals surface area contributed by atoms with Crippen LogP contribution in [0.1, 0.15) is 6.42 Å². The van der Waals surface area contributed by atoms with E-state index in [1.54, 1.807) is 25.4 Å². The molecule has 17 heavy (non-hydrogen) atoms. The number of amides is 1. The summed E-state index contributed by atoms with van der Waals surface area (Å²) in [5, 5.41) is 2.69. The van der Waals surface area contributed by atoms with E-state index in [0.717, 1.165) is 13.0 Å². The summed E-state index contributed by atoms with van der Waals surface area (Å²) in [5.74, 6) is 0.208. The quantitative estimate of drug-likeness (QED) is 0.803. The Labute approximate surface area is 98.4 Å². The maximum Gasteiger partial charge on any atom is 0.274 e. The van der Waals surface area contributed by atoms with Gasteiger partial charge in [0.2, 0.25) is 5.91 Å². The molecule has 0 bridgehead atoms. The van der Waals surface area contributed by atoms with Crippen LogP contribution >= 0.6 is 0 Å². The number of hydrogen-bond donors (Lipinski definition) is 1. The molecule has 1 aliphatic carbocycles. The van der Waals surface area contributed by atoms with Crippen LogP contribution in [-0.2, 0) is 16.6 Å². The van der Waals surface area contributed by atoms with Gasteiger partial charge in [0.1, 0.15) is 5.69 Å². The average Bonchev–Trinajstić information content (AvgIpc) is 2.79. The van der Waals surface area contributed by atoms with Gasteiger partial charge in [0.05, 0.1) is 12.0 Å². The number of nitrogens with zero attached hydrogens (tertiary/aromatic N) is 1. The van der Waals surface area contributed by atoms with Crippen molar-refractivity contribution in [1.82, 2.24) is 4.57 Å². The van der Waals surface area contributed by atoms with Crippen LogP contribution in [0.4, 0.5) is 5.69 Å². The van der Waals surface area contributed by atoms with E-state index in [1.807, 2.05) is 0 Å². The summed E-state index contributed by atoms with van der Waals surface area (Å²) in [6, 6.07) is 3.36. The van der Waals surface area contributed by atoms with Crippen molar-refractivity contribution in [3.05, 3.63) is 28.7 Å². The minimum Gasteiger partial charge on any atom is -0.377 e. The third-order valence-electron chi connectivity index (χ3n) is 3.54. The maximum absolute atomic E-state index is 11.9. The molecule has 1 aromatic rings. The smallest absolute Gasteiger partial charge is 0.274 e. The number of carbonyl (C=O) groups excluding carboxylic acids is 1. The van der Waals surface area contributed by atoms with Crippen molar-refractivity contribution in [3.63, 3.8) is 0 Å². The molecule has 1 saturated heterocycles.